The van der Waals surface area contributed by atoms with Crippen molar-refractivity contribution in [1.82, 2.24) is 0 Å². The number of aliphatic hydroxyl groups excluding tert-OH is 5. The first-order chi connectivity index (χ1) is 9.25. The third-order valence-electron chi connectivity index (χ3n) is 1.59. The van der Waals surface area contributed by atoms with Crippen LogP contribution in [0.3, 0.4) is 0 Å². The van der Waals surface area contributed by atoms with E-state index >= 15 is 0 Å². The van der Waals surface area contributed by atoms with E-state index in [-0.39, 0.29) is 75.5 Å². The summed E-state index contributed by atoms with van der Waals surface area (Å²) in [4.78, 5) is 47.8. The number of rotatable bonds is 7. The summed E-state index contributed by atoms with van der Waals surface area (Å²) in [7, 11) is -11.4. The molecular weight excluding hydrogens is 422 g/mol. The molecule has 13 nitrogen and oxygen atoms in total. The smallest absolute Gasteiger partial charge is 0.790 e. The molecule has 0 aromatic carbocycles. The Morgan fingerprint density at radius 2 is 1.30 bits per heavy atom. The molecule has 0 spiro atoms. The van der Waals surface area contributed by atoms with Gasteiger partial charge in [-0.05, 0) is 0 Å². The van der Waals surface area contributed by atoms with E-state index in [1.807, 2.05) is 0 Å². The van der Waals surface area contributed by atoms with Crippen LogP contribution in [-0.4, -0.2) is 138 Å². The van der Waals surface area contributed by atoms with Crippen molar-refractivity contribution in [3.8, 4) is 0 Å². The molecule has 0 saturated heterocycles. The fourth-order valence-corrected chi connectivity index (χ4v) is 1.70. The van der Waals surface area contributed by atoms with Crippen molar-refractivity contribution in [2.24, 2.45) is 0 Å². The number of aliphatic hydroxyl groups is 5. The van der Waals surface area contributed by atoms with Gasteiger partial charge in [-0.3, -0.25) is 4.79 Å². The molecule has 128 valence electrons. The molecule has 0 rings (SSSR count). The molecule has 3 atom stereocenters. The van der Waals surface area contributed by atoms with Crippen molar-refractivity contribution in [1.29, 1.82) is 0 Å². The maximum absolute atomic E-state index is 10.5. The summed E-state index contributed by atoms with van der Waals surface area (Å²) in [6.07, 6.45) is -5.22. The zero-order chi connectivity index (χ0) is 17.4. The Labute approximate surface area is 189 Å². The van der Waals surface area contributed by atoms with Gasteiger partial charge < -0.3 is 58.5 Å². The summed E-state index contributed by atoms with van der Waals surface area (Å²) in [5, 5.41) is 43.1. The molecule has 23 heavy (non-hydrogen) atoms. The SMILES string of the molecule is O=C(CO)C(O)C(O)C(O)CO.O=P([O-])([O-])OP(=O)([O-])[O-].[Ca+2].[Ca+2]. The zero-order valence-corrected chi connectivity index (χ0v) is 17.7. The maximum Gasteiger partial charge on any atom is 2.00 e. The average Bonchev–Trinajstić information content (AvgIpc) is 2.31. The van der Waals surface area contributed by atoms with E-state index in [9.17, 15) is 33.5 Å². The Morgan fingerprint density at radius 1 is 0.957 bits per heavy atom. The molecule has 5 N–H and O–H groups in total. The number of phosphoric acid groups is 2. The van der Waals surface area contributed by atoms with Crippen LogP contribution in [0.15, 0.2) is 0 Å². The molecule has 0 aliphatic heterocycles. The van der Waals surface area contributed by atoms with Crippen molar-refractivity contribution >= 4 is 96.9 Å². The van der Waals surface area contributed by atoms with Crippen molar-refractivity contribution in [2.45, 2.75) is 18.3 Å². The van der Waals surface area contributed by atoms with Crippen LogP contribution in [0.5, 0.6) is 0 Å². The Morgan fingerprint density at radius 3 is 1.48 bits per heavy atom. The van der Waals surface area contributed by atoms with Gasteiger partial charge in [0.15, 0.2) is 5.78 Å². The van der Waals surface area contributed by atoms with Gasteiger partial charge in [-0.2, -0.15) is 0 Å². The average molecular weight is 434 g/mol. The largest absolute Gasteiger partial charge is 2.00 e. The van der Waals surface area contributed by atoms with E-state index in [1.54, 1.807) is 0 Å². The van der Waals surface area contributed by atoms with E-state index in [0.717, 1.165) is 0 Å². The molecule has 0 aromatic heterocycles. The van der Waals surface area contributed by atoms with Crippen LogP contribution in [0.25, 0.3) is 0 Å². The molecular formula is C6H12Ca2O13P2. The summed E-state index contributed by atoms with van der Waals surface area (Å²) in [5.41, 5.74) is 0. The van der Waals surface area contributed by atoms with Crippen LogP contribution < -0.4 is 19.6 Å². The molecule has 0 bridgehead atoms. The molecule has 0 saturated carbocycles. The Kier molecular flexibility index (Phi) is 21.9. The second kappa shape index (κ2) is 15.3. The van der Waals surface area contributed by atoms with Gasteiger partial charge in [0.05, 0.1) is 22.3 Å². The van der Waals surface area contributed by atoms with Gasteiger partial charge in [0.2, 0.25) is 0 Å². The van der Waals surface area contributed by atoms with Crippen molar-refractivity contribution in [3.63, 3.8) is 0 Å². The number of ketones is 1. The van der Waals surface area contributed by atoms with Crippen LogP contribution in [0.4, 0.5) is 0 Å². The van der Waals surface area contributed by atoms with Crippen LogP contribution >= 0.6 is 15.6 Å². The van der Waals surface area contributed by atoms with E-state index in [2.05, 4.69) is 4.31 Å². The predicted octanol–water partition coefficient (Wildman–Crippen LogP) is -7.48. The van der Waals surface area contributed by atoms with Crippen LogP contribution in [0, 0.1) is 0 Å². The minimum absolute atomic E-state index is 0. The molecule has 0 amide bonds. The number of carbonyl (C=O) groups is 1. The summed E-state index contributed by atoms with van der Waals surface area (Å²) in [5.74, 6) is -1.00. The predicted molar refractivity (Wildman–Crippen MR) is 65.0 cm³/mol. The van der Waals surface area contributed by atoms with Crippen molar-refractivity contribution < 1.29 is 63.3 Å². The van der Waals surface area contributed by atoms with E-state index in [1.165, 1.54) is 0 Å². The fraction of sp³-hybridized carbons (Fsp3) is 0.833. The second-order valence-corrected chi connectivity index (χ2v) is 5.73. The third-order valence-corrected chi connectivity index (χ3v) is 3.19. The summed E-state index contributed by atoms with van der Waals surface area (Å²) >= 11 is 0. The number of Topliss-reactive ketones (excluding diaryl/α,β-unsaturated/α-hetero) is 1. The molecule has 0 heterocycles. The van der Waals surface area contributed by atoms with Crippen molar-refractivity contribution in [2.75, 3.05) is 13.2 Å². The first-order valence-corrected chi connectivity index (χ1v) is 7.71. The van der Waals surface area contributed by atoms with Gasteiger partial charge in [-0.15, -0.1) is 0 Å². The molecule has 17 heteroatoms. The fourth-order valence-electron chi connectivity index (χ4n) is 0.725. The van der Waals surface area contributed by atoms with Gasteiger partial charge in [-0.25, -0.2) is 0 Å². The Balaban J connectivity index is -0.000000149. The Bertz CT molecular complexity index is 387. The minimum atomic E-state index is -5.68. The zero-order valence-electron chi connectivity index (χ0n) is 11.5. The van der Waals surface area contributed by atoms with Crippen LogP contribution in [0.2, 0.25) is 0 Å². The number of hydrogen-bond acceptors (Lipinski definition) is 13. The van der Waals surface area contributed by atoms with Crippen LogP contribution in [-0.2, 0) is 18.2 Å². The van der Waals surface area contributed by atoms with E-state index in [0.29, 0.717) is 0 Å². The van der Waals surface area contributed by atoms with Gasteiger partial charge in [0.1, 0.15) is 24.9 Å². The normalized spacial score (nSPS) is 15.0. The van der Waals surface area contributed by atoms with Crippen molar-refractivity contribution in [3.05, 3.63) is 0 Å². The summed E-state index contributed by atoms with van der Waals surface area (Å²) in [6, 6.07) is 0. The van der Waals surface area contributed by atoms with Gasteiger partial charge >= 0.3 is 75.5 Å². The summed E-state index contributed by atoms with van der Waals surface area (Å²) < 4.78 is 21.2. The molecule has 0 aliphatic rings. The Hall–Kier alpha value is 2.25. The third kappa shape index (κ3) is 20.4. The monoisotopic (exact) mass is 434 g/mol. The van der Waals surface area contributed by atoms with Gasteiger partial charge in [0.25, 0.3) is 0 Å². The topological polar surface area (TPSA) is 254 Å². The standard InChI is InChI=1S/C6H12O6.2Ca.H4O7P2/c7-1-3(9)5(11)6(12)4(10)2-8;;;1-8(2,3)7-9(4,5)6/h3,5-9,11-12H,1-2H2;;;(H2,1,2,3)(H2,4,5,6)/q;2*+2;/p-4. The van der Waals surface area contributed by atoms with E-state index < -0.39 is 53.0 Å². The first kappa shape index (κ1) is 32.9. The molecule has 0 fully saturated rings. The number of carbonyl (C=O) groups excluding carboxylic acids is 1. The van der Waals surface area contributed by atoms with Gasteiger partial charge in [-0.1, -0.05) is 0 Å². The maximum atomic E-state index is 10.5. The first-order valence-electron chi connectivity index (χ1n) is 4.79. The number of hydrogen-bond donors (Lipinski definition) is 5. The minimum Gasteiger partial charge on any atom is -0.790 e. The molecule has 0 radical (unpaired) electrons. The van der Waals surface area contributed by atoms with E-state index in [4.69, 9.17) is 25.5 Å². The molecule has 0 aromatic rings. The second-order valence-electron chi connectivity index (χ2n) is 3.29. The quantitative estimate of drug-likeness (QED) is 0.184. The summed E-state index contributed by atoms with van der Waals surface area (Å²) in [6.45, 7) is -1.69. The van der Waals surface area contributed by atoms with Gasteiger partial charge in [0, 0.05) is 0 Å². The molecule has 3 unspecified atom stereocenters. The molecule has 0 aliphatic carbocycles. The van der Waals surface area contributed by atoms with Crippen LogP contribution in [0.1, 0.15) is 0 Å².